The van der Waals surface area contributed by atoms with Crippen LogP contribution in [0.5, 0.6) is 5.75 Å². The number of ether oxygens (including phenoxy) is 2. The first-order chi connectivity index (χ1) is 10.5. The molecule has 0 fully saturated rings. The predicted molar refractivity (Wildman–Crippen MR) is 83.9 cm³/mol. The molecule has 0 unspecified atom stereocenters. The van der Waals surface area contributed by atoms with Gasteiger partial charge in [-0.2, -0.15) is 0 Å². The van der Waals surface area contributed by atoms with Crippen molar-refractivity contribution in [3.8, 4) is 5.75 Å². The van der Waals surface area contributed by atoms with Crippen LogP contribution in [0.4, 0.5) is 0 Å². The number of hydrogen-bond donors (Lipinski definition) is 2. The van der Waals surface area contributed by atoms with E-state index in [0.29, 0.717) is 24.5 Å². The topological polar surface area (TPSA) is 76.7 Å². The van der Waals surface area contributed by atoms with Gasteiger partial charge in [-0.1, -0.05) is 0 Å². The molecule has 6 nitrogen and oxygen atoms in total. The molecule has 0 aliphatic rings. The lowest BCUT2D eigenvalue weighted by molar-refractivity contribution is -0.120. The summed E-state index contributed by atoms with van der Waals surface area (Å²) < 4.78 is 10.6. The summed E-state index contributed by atoms with van der Waals surface area (Å²) in [6, 6.07) is 5.13. The summed E-state index contributed by atoms with van der Waals surface area (Å²) in [5.74, 6) is 0.147. The van der Waals surface area contributed by atoms with E-state index in [1.54, 1.807) is 25.3 Å². The van der Waals surface area contributed by atoms with E-state index >= 15 is 0 Å². The SMILES string of the molecule is CCOCc1cc(C(=O)NCC(=O)NC(C)C)ccc1OC. The van der Waals surface area contributed by atoms with E-state index in [9.17, 15) is 9.59 Å². The third kappa shape index (κ3) is 5.73. The molecule has 0 saturated carbocycles. The van der Waals surface area contributed by atoms with E-state index in [1.165, 1.54) is 0 Å². The van der Waals surface area contributed by atoms with E-state index in [-0.39, 0.29) is 24.4 Å². The van der Waals surface area contributed by atoms with E-state index in [1.807, 2.05) is 20.8 Å². The molecule has 0 aromatic heterocycles. The van der Waals surface area contributed by atoms with Crippen LogP contribution in [0.1, 0.15) is 36.7 Å². The van der Waals surface area contributed by atoms with Gasteiger partial charge in [0.05, 0.1) is 20.3 Å². The molecule has 1 rings (SSSR count). The summed E-state index contributed by atoms with van der Waals surface area (Å²) in [7, 11) is 1.57. The van der Waals surface area contributed by atoms with Gasteiger partial charge in [-0.05, 0) is 39.0 Å². The minimum absolute atomic E-state index is 0.0446. The zero-order valence-electron chi connectivity index (χ0n) is 13.6. The van der Waals surface area contributed by atoms with Crippen molar-refractivity contribution in [2.24, 2.45) is 0 Å². The Balaban J connectivity index is 2.70. The molecule has 0 saturated heterocycles. The second-order valence-electron chi connectivity index (χ2n) is 5.07. The van der Waals surface area contributed by atoms with Gasteiger partial charge in [-0.15, -0.1) is 0 Å². The van der Waals surface area contributed by atoms with Crippen molar-refractivity contribution in [2.75, 3.05) is 20.3 Å². The lowest BCUT2D eigenvalue weighted by atomic mass is 10.1. The van der Waals surface area contributed by atoms with Crippen LogP contribution < -0.4 is 15.4 Å². The molecule has 0 spiro atoms. The average molecular weight is 308 g/mol. The number of amides is 2. The maximum absolute atomic E-state index is 12.1. The molecular weight excluding hydrogens is 284 g/mol. The van der Waals surface area contributed by atoms with Crippen LogP contribution in [-0.2, 0) is 16.1 Å². The van der Waals surface area contributed by atoms with Gasteiger partial charge in [0.2, 0.25) is 5.91 Å². The summed E-state index contributed by atoms with van der Waals surface area (Å²) in [6.07, 6.45) is 0. The van der Waals surface area contributed by atoms with E-state index in [4.69, 9.17) is 9.47 Å². The number of carbonyl (C=O) groups excluding carboxylic acids is 2. The monoisotopic (exact) mass is 308 g/mol. The Morgan fingerprint density at radius 3 is 2.59 bits per heavy atom. The van der Waals surface area contributed by atoms with Crippen LogP contribution in [0.3, 0.4) is 0 Å². The molecule has 0 heterocycles. The summed E-state index contributed by atoms with van der Waals surface area (Å²) in [4.78, 5) is 23.6. The number of benzene rings is 1. The Morgan fingerprint density at radius 2 is 2.00 bits per heavy atom. The van der Waals surface area contributed by atoms with Crippen molar-refractivity contribution < 1.29 is 19.1 Å². The van der Waals surface area contributed by atoms with Crippen molar-refractivity contribution in [3.05, 3.63) is 29.3 Å². The van der Waals surface area contributed by atoms with Crippen molar-refractivity contribution >= 4 is 11.8 Å². The maximum atomic E-state index is 12.1. The minimum atomic E-state index is -0.306. The maximum Gasteiger partial charge on any atom is 0.251 e. The lowest BCUT2D eigenvalue weighted by Crippen LogP contribution is -2.39. The molecule has 1 aromatic carbocycles. The number of carbonyl (C=O) groups is 2. The second-order valence-corrected chi connectivity index (χ2v) is 5.07. The van der Waals surface area contributed by atoms with Crippen LogP contribution in [0.25, 0.3) is 0 Å². The van der Waals surface area contributed by atoms with Gasteiger partial charge in [0.1, 0.15) is 5.75 Å². The Bertz CT molecular complexity index is 515. The van der Waals surface area contributed by atoms with Gasteiger partial charge in [0, 0.05) is 23.8 Å². The average Bonchev–Trinajstić information content (AvgIpc) is 2.49. The third-order valence-electron chi connectivity index (χ3n) is 2.86. The number of hydrogen-bond acceptors (Lipinski definition) is 4. The molecule has 1 aromatic rings. The molecule has 0 radical (unpaired) electrons. The van der Waals surface area contributed by atoms with Crippen LogP contribution in [-0.4, -0.2) is 38.1 Å². The van der Waals surface area contributed by atoms with Gasteiger partial charge in [-0.3, -0.25) is 9.59 Å². The first-order valence-electron chi connectivity index (χ1n) is 7.30. The summed E-state index contributed by atoms with van der Waals surface area (Å²) in [5.41, 5.74) is 1.26. The highest BCUT2D eigenvalue weighted by Crippen LogP contribution is 2.20. The largest absolute Gasteiger partial charge is 0.496 e. The first-order valence-corrected chi connectivity index (χ1v) is 7.30. The van der Waals surface area contributed by atoms with Crippen molar-refractivity contribution in [1.82, 2.24) is 10.6 Å². The lowest BCUT2D eigenvalue weighted by Gasteiger charge is -2.12. The first kappa shape index (κ1) is 18.0. The smallest absolute Gasteiger partial charge is 0.251 e. The van der Waals surface area contributed by atoms with Crippen molar-refractivity contribution in [3.63, 3.8) is 0 Å². The molecule has 6 heteroatoms. The van der Waals surface area contributed by atoms with E-state index < -0.39 is 0 Å². The highest BCUT2D eigenvalue weighted by Gasteiger charge is 2.12. The van der Waals surface area contributed by atoms with Gasteiger partial charge < -0.3 is 20.1 Å². The molecule has 2 amide bonds. The fourth-order valence-corrected chi connectivity index (χ4v) is 1.88. The highest BCUT2D eigenvalue weighted by molar-refractivity contribution is 5.96. The molecular formula is C16H24N2O4. The van der Waals surface area contributed by atoms with Gasteiger partial charge in [0.25, 0.3) is 5.91 Å². The zero-order chi connectivity index (χ0) is 16.5. The Hall–Kier alpha value is -2.08. The van der Waals surface area contributed by atoms with Crippen molar-refractivity contribution in [1.29, 1.82) is 0 Å². The molecule has 0 bridgehead atoms. The molecule has 22 heavy (non-hydrogen) atoms. The normalized spacial score (nSPS) is 10.4. The summed E-state index contributed by atoms with van der Waals surface area (Å²) in [5, 5.41) is 5.31. The fraction of sp³-hybridized carbons (Fsp3) is 0.500. The van der Waals surface area contributed by atoms with E-state index in [2.05, 4.69) is 10.6 Å². The Morgan fingerprint density at radius 1 is 1.27 bits per heavy atom. The standard InChI is InChI=1S/C16H24N2O4/c1-5-22-10-13-8-12(6-7-14(13)21-4)16(20)17-9-15(19)18-11(2)3/h6-8,11H,5,9-10H2,1-4H3,(H,17,20)(H,18,19). The van der Waals surface area contributed by atoms with Crippen LogP contribution in [0.2, 0.25) is 0 Å². The number of methoxy groups -OCH3 is 1. The number of nitrogens with one attached hydrogen (secondary N) is 2. The van der Waals surface area contributed by atoms with Crippen molar-refractivity contribution in [2.45, 2.75) is 33.4 Å². The molecule has 2 N–H and O–H groups in total. The van der Waals surface area contributed by atoms with Crippen LogP contribution in [0, 0.1) is 0 Å². The summed E-state index contributed by atoms with van der Waals surface area (Å²) >= 11 is 0. The second kappa shape index (κ2) is 9.04. The van der Waals surface area contributed by atoms with Crippen LogP contribution >= 0.6 is 0 Å². The van der Waals surface area contributed by atoms with Crippen LogP contribution in [0.15, 0.2) is 18.2 Å². The third-order valence-corrected chi connectivity index (χ3v) is 2.86. The molecule has 0 aliphatic heterocycles. The Kier molecular flexibility index (Phi) is 7.39. The quantitative estimate of drug-likeness (QED) is 0.763. The molecule has 122 valence electrons. The van der Waals surface area contributed by atoms with Gasteiger partial charge in [-0.25, -0.2) is 0 Å². The Labute approximate surface area is 131 Å². The minimum Gasteiger partial charge on any atom is -0.496 e. The fourth-order valence-electron chi connectivity index (χ4n) is 1.88. The summed E-state index contributed by atoms with van der Waals surface area (Å²) in [6.45, 7) is 6.52. The van der Waals surface area contributed by atoms with Gasteiger partial charge >= 0.3 is 0 Å². The number of rotatable bonds is 8. The zero-order valence-corrected chi connectivity index (χ0v) is 13.6. The molecule has 0 aliphatic carbocycles. The highest BCUT2D eigenvalue weighted by atomic mass is 16.5. The van der Waals surface area contributed by atoms with Gasteiger partial charge in [0.15, 0.2) is 0 Å². The predicted octanol–water partition coefficient (Wildman–Crippen LogP) is 1.49. The molecule has 0 atom stereocenters. The van der Waals surface area contributed by atoms with E-state index in [0.717, 1.165) is 5.56 Å².